The SMILES string of the molecule is Cc1cnn(-c2ccc(C(N)=O)cc2NC(=O)Cc2nc(-c3ccccc3)oc2C)c1. The molecule has 0 saturated heterocycles. The lowest BCUT2D eigenvalue weighted by Gasteiger charge is -2.12. The van der Waals surface area contributed by atoms with Gasteiger partial charge in [0, 0.05) is 17.3 Å². The minimum Gasteiger partial charge on any atom is -0.441 e. The molecule has 0 saturated carbocycles. The summed E-state index contributed by atoms with van der Waals surface area (Å²) in [6.07, 6.45) is 3.54. The first-order valence-electron chi connectivity index (χ1n) is 9.68. The van der Waals surface area contributed by atoms with Crippen LogP contribution in [0, 0.1) is 13.8 Å². The van der Waals surface area contributed by atoms with Gasteiger partial charge in [0.25, 0.3) is 0 Å². The fourth-order valence-electron chi connectivity index (χ4n) is 3.18. The van der Waals surface area contributed by atoms with Gasteiger partial charge in [-0.3, -0.25) is 9.59 Å². The Hall–Kier alpha value is -4.20. The maximum atomic E-state index is 12.8. The Balaban J connectivity index is 1.59. The summed E-state index contributed by atoms with van der Waals surface area (Å²) in [5, 5.41) is 7.13. The third kappa shape index (κ3) is 4.37. The Kier molecular flexibility index (Phi) is 5.36. The van der Waals surface area contributed by atoms with Crippen LogP contribution < -0.4 is 11.1 Å². The summed E-state index contributed by atoms with van der Waals surface area (Å²) in [6.45, 7) is 3.69. The summed E-state index contributed by atoms with van der Waals surface area (Å²) in [6, 6.07) is 14.3. The largest absolute Gasteiger partial charge is 0.441 e. The van der Waals surface area contributed by atoms with Crippen molar-refractivity contribution in [3.63, 3.8) is 0 Å². The van der Waals surface area contributed by atoms with Gasteiger partial charge in [-0.15, -0.1) is 0 Å². The number of rotatable bonds is 6. The Morgan fingerprint density at radius 2 is 1.90 bits per heavy atom. The van der Waals surface area contributed by atoms with E-state index in [0.29, 0.717) is 28.7 Å². The Bertz CT molecular complexity index is 1260. The number of hydrogen-bond donors (Lipinski definition) is 2. The number of amides is 2. The zero-order chi connectivity index (χ0) is 22.0. The molecule has 3 N–H and O–H groups in total. The molecule has 156 valence electrons. The smallest absolute Gasteiger partial charge is 0.248 e. The molecule has 0 aliphatic heterocycles. The van der Waals surface area contributed by atoms with Crippen molar-refractivity contribution in [1.29, 1.82) is 0 Å². The Morgan fingerprint density at radius 3 is 2.58 bits per heavy atom. The molecule has 8 heteroatoms. The molecule has 2 aromatic carbocycles. The number of nitrogens with zero attached hydrogens (tertiary/aromatic N) is 3. The number of nitrogens with one attached hydrogen (secondary N) is 1. The summed E-state index contributed by atoms with van der Waals surface area (Å²) in [4.78, 5) is 28.9. The van der Waals surface area contributed by atoms with Crippen molar-refractivity contribution < 1.29 is 14.0 Å². The topological polar surface area (TPSA) is 116 Å². The van der Waals surface area contributed by atoms with Crippen LogP contribution in [-0.4, -0.2) is 26.6 Å². The standard InChI is InChI=1S/C23H21N5O3/c1-14-12-25-28(13-14)20-9-8-17(22(24)30)10-19(20)26-21(29)11-18-15(2)31-23(27-18)16-6-4-3-5-7-16/h3-10,12-13H,11H2,1-2H3,(H2,24,30)(H,26,29). The van der Waals surface area contributed by atoms with E-state index in [1.54, 1.807) is 29.9 Å². The van der Waals surface area contributed by atoms with E-state index in [0.717, 1.165) is 11.1 Å². The third-order valence-electron chi connectivity index (χ3n) is 4.76. The molecule has 4 rings (SSSR count). The number of carbonyl (C=O) groups is 2. The van der Waals surface area contributed by atoms with Crippen molar-refractivity contribution in [2.75, 3.05) is 5.32 Å². The quantitative estimate of drug-likeness (QED) is 0.500. The van der Waals surface area contributed by atoms with Gasteiger partial charge in [-0.2, -0.15) is 5.10 Å². The molecular formula is C23H21N5O3. The maximum absolute atomic E-state index is 12.8. The highest BCUT2D eigenvalue weighted by Gasteiger charge is 2.17. The number of carbonyl (C=O) groups excluding carboxylic acids is 2. The zero-order valence-electron chi connectivity index (χ0n) is 17.1. The van der Waals surface area contributed by atoms with E-state index in [9.17, 15) is 9.59 Å². The van der Waals surface area contributed by atoms with Crippen LogP contribution in [0.1, 0.15) is 27.4 Å². The second-order valence-corrected chi connectivity index (χ2v) is 7.17. The van der Waals surface area contributed by atoms with E-state index in [-0.39, 0.29) is 17.9 Å². The summed E-state index contributed by atoms with van der Waals surface area (Å²) in [5.74, 6) is 0.147. The van der Waals surface area contributed by atoms with Gasteiger partial charge in [-0.25, -0.2) is 9.67 Å². The van der Waals surface area contributed by atoms with E-state index in [4.69, 9.17) is 10.2 Å². The van der Waals surface area contributed by atoms with Crippen LogP contribution in [0.4, 0.5) is 5.69 Å². The second-order valence-electron chi connectivity index (χ2n) is 7.17. The molecule has 2 amide bonds. The van der Waals surface area contributed by atoms with Gasteiger partial charge >= 0.3 is 0 Å². The molecule has 0 spiro atoms. The van der Waals surface area contributed by atoms with E-state index < -0.39 is 5.91 Å². The lowest BCUT2D eigenvalue weighted by molar-refractivity contribution is -0.115. The molecule has 0 aliphatic carbocycles. The molecular weight excluding hydrogens is 394 g/mol. The minimum absolute atomic E-state index is 0.0144. The summed E-state index contributed by atoms with van der Waals surface area (Å²) < 4.78 is 7.36. The third-order valence-corrected chi connectivity index (χ3v) is 4.76. The van der Waals surface area contributed by atoms with Crippen molar-refractivity contribution >= 4 is 17.5 Å². The second kappa shape index (κ2) is 8.27. The highest BCUT2D eigenvalue weighted by atomic mass is 16.4. The molecule has 4 aromatic rings. The number of benzene rings is 2. The number of hydrogen-bond acceptors (Lipinski definition) is 5. The normalized spacial score (nSPS) is 10.8. The Labute approximate surface area is 178 Å². The maximum Gasteiger partial charge on any atom is 0.248 e. The van der Waals surface area contributed by atoms with Gasteiger partial charge in [0.1, 0.15) is 5.76 Å². The molecule has 31 heavy (non-hydrogen) atoms. The average Bonchev–Trinajstić information content (AvgIpc) is 3.34. The van der Waals surface area contributed by atoms with Gasteiger partial charge in [-0.05, 0) is 49.7 Å². The van der Waals surface area contributed by atoms with Crippen molar-refractivity contribution in [2.24, 2.45) is 5.73 Å². The summed E-state index contributed by atoms with van der Waals surface area (Å²) >= 11 is 0. The van der Waals surface area contributed by atoms with E-state index >= 15 is 0 Å². The van der Waals surface area contributed by atoms with Crippen LogP contribution >= 0.6 is 0 Å². The first kappa shape index (κ1) is 20.1. The molecule has 2 heterocycles. The fourth-order valence-corrected chi connectivity index (χ4v) is 3.18. The summed E-state index contributed by atoms with van der Waals surface area (Å²) in [7, 11) is 0. The number of oxazole rings is 1. The van der Waals surface area contributed by atoms with Crippen LogP contribution in [0.5, 0.6) is 0 Å². The Morgan fingerprint density at radius 1 is 1.13 bits per heavy atom. The van der Waals surface area contributed by atoms with Crippen LogP contribution in [0.2, 0.25) is 0 Å². The first-order chi connectivity index (χ1) is 14.9. The van der Waals surface area contributed by atoms with E-state index in [1.807, 2.05) is 43.5 Å². The van der Waals surface area contributed by atoms with Crippen molar-refractivity contribution in [3.05, 3.63) is 83.5 Å². The van der Waals surface area contributed by atoms with Crippen molar-refractivity contribution in [3.8, 4) is 17.1 Å². The molecule has 0 radical (unpaired) electrons. The molecule has 0 atom stereocenters. The van der Waals surface area contributed by atoms with E-state index in [1.165, 1.54) is 6.07 Å². The number of aromatic nitrogens is 3. The van der Waals surface area contributed by atoms with Crippen LogP contribution in [-0.2, 0) is 11.2 Å². The highest BCUT2D eigenvalue weighted by Crippen LogP contribution is 2.24. The van der Waals surface area contributed by atoms with Gasteiger partial charge in [0.05, 0.1) is 29.7 Å². The summed E-state index contributed by atoms with van der Waals surface area (Å²) in [5.41, 5.74) is 9.08. The van der Waals surface area contributed by atoms with Gasteiger partial charge in [-0.1, -0.05) is 18.2 Å². The molecule has 0 bridgehead atoms. The van der Waals surface area contributed by atoms with Gasteiger partial charge in [0.2, 0.25) is 17.7 Å². The van der Waals surface area contributed by atoms with Crippen LogP contribution in [0.25, 0.3) is 17.1 Å². The molecule has 0 fully saturated rings. The predicted octanol–water partition coefficient (Wildman–Crippen LogP) is 3.42. The molecule has 0 unspecified atom stereocenters. The highest BCUT2D eigenvalue weighted by molar-refractivity contribution is 5.98. The van der Waals surface area contributed by atoms with Gasteiger partial charge in [0.15, 0.2) is 0 Å². The number of anilines is 1. The van der Waals surface area contributed by atoms with E-state index in [2.05, 4.69) is 15.4 Å². The predicted molar refractivity (Wildman–Crippen MR) is 116 cm³/mol. The first-order valence-corrected chi connectivity index (χ1v) is 9.68. The number of nitrogens with two attached hydrogens (primary N) is 1. The molecule has 8 nitrogen and oxygen atoms in total. The number of primary amides is 1. The van der Waals surface area contributed by atoms with Crippen molar-refractivity contribution in [2.45, 2.75) is 20.3 Å². The average molecular weight is 415 g/mol. The zero-order valence-corrected chi connectivity index (χ0v) is 17.1. The lowest BCUT2D eigenvalue weighted by atomic mass is 10.1. The fraction of sp³-hybridized carbons (Fsp3) is 0.130. The van der Waals surface area contributed by atoms with Crippen LogP contribution in [0.3, 0.4) is 0 Å². The number of aryl methyl sites for hydroxylation is 2. The lowest BCUT2D eigenvalue weighted by Crippen LogP contribution is -2.18. The van der Waals surface area contributed by atoms with Crippen LogP contribution in [0.15, 0.2) is 65.3 Å². The van der Waals surface area contributed by atoms with Gasteiger partial charge < -0.3 is 15.5 Å². The molecule has 0 aliphatic rings. The minimum atomic E-state index is -0.585. The monoisotopic (exact) mass is 415 g/mol. The van der Waals surface area contributed by atoms with Crippen molar-refractivity contribution in [1.82, 2.24) is 14.8 Å². The molecule has 2 aromatic heterocycles.